The highest BCUT2D eigenvalue weighted by Crippen LogP contribution is 2.22. The van der Waals surface area contributed by atoms with E-state index in [4.69, 9.17) is 9.84 Å². The molecule has 0 fully saturated rings. The van der Waals surface area contributed by atoms with Gasteiger partial charge < -0.3 is 9.84 Å². The molecule has 7 nitrogen and oxygen atoms in total. The molecular formula is C13H9FN2O5. The smallest absolute Gasteiger partial charge is 0.337 e. The third-order valence-corrected chi connectivity index (χ3v) is 2.57. The summed E-state index contributed by atoms with van der Waals surface area (Å²) in [6.45, 7) is -0.0167. The summed E-state index contributed by atoms with van der Waals surface area (Å²) in [7, 11) is 0. The Morgan fingerprint density at radius 1 is 1.38 bits per heavy atom. The van der Waals surface area contributed by atoms with Gasteiger partial charge in [0.05, 0.1) is 16.2 Å². The number of nitro groups is 1. The van der Waals surface area contributed by atoms with Crippen molar-refractivity contribution in [2.24, 2.45) is 0 Å². The van der Waals surface area contributed by atoms with Crippen molar-refractivity contribution in [3.05, 3.63) is 63.7 Å². The molecule has 0 aliphatic heterocycles. The molecule has 2 aromatic rings. The van der Waals surface area contributed by atoms with E-state index in [0.717, 1.165) is 12.1 Å². The Kier molecular flexibility index (Phi) is 4.07. The highest BCUT2D eigenvalue weighted by atomic mass is 19.1. The number of nitrogens with zero attached hydrogens (tertiary/aromatic N) is 2. The number of halogens is 1. The minimum absolute atomic E-state index is 0.0167. The van der Waals surface area contributed by atoms with E-state index in [9.17, 15) is 19.3 Å². The Bertz CT molecular complexity index is 687. The predicted molar refractivity (Wildman–Crippen MR) is 68.6 cm³/mol. The van der Waals surface area contributed by atoms with Gasteiger partial charge in [0, 0.05) is 18.3 Å². The van der Waals surface area contributed by atoms with Crippen LogP contribution in [0, 0.1) is 15.9 Å². The lowest BCUT2D eigenvalue weighted by Gasteiger charge is -2.06. The van der Waals surface area contributed by atoms with Crippen molar-refractivity contribution >= 4 is 11.7 Å². The maximum atomic E-state index is 13.4. The minimum Gasteiger partial charge on any atom is -0.487 e. The zero-order valence-electron chi connectivity index (χ0n) is 10.5. The summed E-state index contributed by atoms with van der Waals surface area (Å²) in [5.41, 5.74) is -0.148. The second-order valence-electron chi connectivity index (χ2n) is 4.00. The Labute approximate surface area is 117 Å². The van der Waals surface area contributed by atoms with Crippen molar-refractivity contribution in [1.29, 1.82) is 0 Å². The zero-order chi connectivity index (χ0) is 15.4. The monoisotopic (exact) mass is 292 g/mol. The maximum Gasteiger partial charge on any atom is 0.337 e. The number of carbonyl (C=O) groups is 1. The lowest BCUT2D eigenvalue weighted by Crippen LogP contribution is -2.02. The number of aromatic carboxylic acids is 1. The van der Waals surface area contributed by atoms with Gasteiger partial charge in [0.1, 0.15) is 12.4 Å². The second kappa shape index (κ2) is 5.95. The van der Waals surface area contributed by atoms with Crippen LogP contribution >= 0.6 is 0 Å². The Morgan fingerprint density at radius 3 is 2.67 bits per heavy atom. The standard InChI is InChI=1S/C13H9FN2O5/c14-11-5-10(3-4-12(11)16(19)20)21-7-9-2-1-8(6-15-9)13(17)18/h1-6H,7H2,(H,17,18). The summed E-state index contributed by atoms with van der Waals surface area (Å²) < 4.78 is 18.6. The lowest BCUT2D eigenvalue weighted by atomic mass is 10.2. The van der Waals surface area contributed by atoms with Crippen molar-refractivity contribution < 1.29 is 24.0 Å². The van der Waals surface area contributed by atoms with Gasteiger partial charge in [-0.15, -0.1) is 0 Å². The molecule has 2 rings (SSSR count). The van der Waals surface area contributed by atoms with E-state index < -0.39 is 22.4 Å². The van der Waals surface area contributed by atoms with Gasteiger partial charge in [0.15, 0.2) is 0 Å². The molecule has 1 aromatic heterocycles. The summed E-state index contributed by atoms with van der Waals surface area (Å²) in [5.74, 6) is -1.97. The van der Waals surface area contributed by atoms with Gasteiger partial charge in [-0.25, -0.2) is 4.79 Å². The molecule has 1 aromatic carbocycles. The van der Waals surface area contributed by atoms with Crippen molar-refractivity contribution in [2.75, 3.05) is 0 Å². The number of carboxylic acids is 1. The third kappa shape index (κ3) is 3.50. The summed E-state index contributed by atoms with van der Waals surface area (Å²) >= 11 is 0. The number of pyridine rings is 1. The van der Waals surface area contributed by atoms with Crippen LogP contribution in [0.25, 0.3) is 0 Å². The van der Waals surface area contributed by atoms with Crippen LogP contribution in [0.4, 0.5) is 10.1 Å². The fourth-order valence-corrected chi connectivity index (χ4v) is 1.52. The highest BCUT2D eigenvalue weighted by molar-refractivity contribution is 5.87. The summed E-state index contributed by atoms with van der Waals surface area (Å²) in [6.07, 6.45) is 1.18. The van der Waals surface area contributed by atoms with Crippen molar-refractivity contribution in [3.63, 3.8) is 0 Å². The molecule has 0 unspecified atom stereocenters. The van der Waals surface area contributed by atoms with Crippen molar-refractivity contribution in [2.45, 2.75) is 6.61 Å². The van der Waals surface area contributed by atoms with Gasteiger partial charge in [0.25, 0.3) is 0 Å². The highest BCUT2D eigenvalue weighted by Gasteiger charge is 2.14. The van der Waals surface area contributed by atoms with Crippen LogP contribution in [0.5, 0.6) is 5.75 Å². The van der Waals surface area contributed by atoms with Crippen LogP contribution in [-0.2, 0) is 6.61 Å². The first-order chi connectivity index (χ1) is 9.97. The number of ether oxygens (including phenoxy) is 1. The number of rotatable bonds is 5. The molecule has 1 heterocycles. The predicted octanol–water partition coefficient (Wildman–Crippen LogP) is 2.41. The van der Waals surface area contributed by atoms with Gasteiger partial charge in [-0.05, 0) is 18.2 Å². The van der Waals surface area contributed by atoms with Gasteiger partial charge in [0.2, 0.25) is 5.82 Å². The van der Waals surface area contributed by atoms with Crippen LogP contribution < -0.4 is 4.74 Å². The normalized spacial score (nSPS) is 10.1. The molecule has 0 radical (unpaired) electrons. The van der Waals surface area contributed by atoms with E-state index in [2.05, 4.69) is 4.98 Å². The number of hydrogen-bond donors (Lipinski definition) is 1. The molecule has 0 aliphatic rings. The molecule has 0 saturated carbocycles. The first kappa shape index (κ1) is 14.4. The van der Waals surface area contributed by atoms with Gasteiger partial charge >= 0.3 is 11.7 Å². The SMILES string of the molecule is O=C(O)c1ccc(COc2ccc([N+](=O)[O-])c(F)c2)nc1. The van der Waals surface area contributed by atoms with Crippen molar-refractivity contribution in [3.8, 4) is 5.75 Å². The summed E-state index contributed by atoms with van der Waals surface area (Å²) in [6, 6.07) is 6.01. The Morgan fingerprint density at radius 2 is 2.14 bits per heavy atom. The summed E-state index contributed by atoms with van der Waals surface area (Å²) in [5, 5.41) is 19.2. The molecule has 1 N–H and O–H groups in total. The van der Waals surface area contributed by atoms with Gasteiger partial charge in [-0.2, -0.15) is 4.39 Å². The number of hydrogen-bond acceptors (Lipinski definition) is 5. The van der Waals surface area contributed by atoms with E-state index in [0.29, 0.717) is 5.69 Å². The van der Waals surface area contributed by atoms with Gasteiger partial charge in [-0.1, -0.05) is 0 Å². The van der Waals surface area contributed by atoms with E-state index in [1.807, 2.05) is 0 Å². The molecule has 108 valence electrons. The third-order valence-electron chi connectivity index (χ3n) is 2.57. The van der Waals surface area contributed by atoms with Crippen LogP contribution in [0.3, 0.4) is 0 Å². The molecule has 0 amide bonds. The topological polar surface area (TPSA) is 103 Å². The molecule has 8 heteroatoms. The molecule has 21 heavy (non-hydrogen) atoms. The van der Waals surface area contributed by atoms with Crippen LogP contribution in [-0.4, -0.2) is 21.0 Å². The average molecular weight is 292 g/mol. The number of carboxylic acid groups (broad SMARTS) is 1. The molecule has 0 atom stereocenters. The molecule has 0 saturated heterocycles. The first-order valence-corrected chi connectivity index (χ1v) is 5.72. The fourth-order valence-electron chi connectivity index (χ4n) is 1.52. The number of benzene rings is 1. The van der Waals surface area contributed by atoms with Crippen LogP contribution in [0.15, 0.2) is 36.5 Å². The Balaban J connectivity index is 2.04. The van der Waals surface area contributed by atoms with E-state index >= 15 is 0 Å². The minimum atomic E-state index is -1.09. The fraction of sp³-hybridized carbons (Fsp3) is 0.0769. The van der Waals surface area contributed by atoms with Crippen LogP contribution in [0.2, 0.25) is 0 Å². The zero-order valence-corrected chi connectivity index (χ0v) is 10.5. The molecule has 0 aliphatic carbocycles. The quantitative estimate of drug-likeness (QED) is 0.670. The molecular weight excluding hydrogens is 283 g/mol. The van der Waals surface area contributed by atoms with E-state index in [1.54, 1.807) is 0 Å². The summed E-state index contributed by atoms with van der Waals surface area (Å²) in [4.78, 5) is 24.2. The molecule has 0 spiro atoms. The van der Waals surface area contributed by atoms with Gasteiger partial charge in [-0.3, -0.25) is 15.1 Å². The molecule has 0 bridgehead atoms. The second-order valence-corrected chi connectivity index (χ2v) is 4.00. The van der Waals surface area contributed by atoms with Crippen molar-refractivity contribution in [1.82, 2.24) is 4.98 Å². The van der Waals surface area contributed by atoms with E-state index in [1.165, 1.54) is 24.4 Å². The first-order valence-electron chi connectivity index (χ1n) is 5.72. The Hall–Kier alpha value is -3.03. The van der Waals surface area contributed by atoms with Crippen LogP contribution in [0.1, 0.15) is 16.1 Å². The average Bonchev–Trinajstić information content (AvgIpc) is 2.45. The van der Waals surface area contributed by atoms with E-state index in [-0.39, 0.29) is 17.9 Å². The lowest BCUT2D eigenvalue weighted by molar-refractivity contribution is -0.387. The number of aromatic nitrogens is 1. The maximum absolute atomic E-state index is 13.4. The number of nitro benzene ring substituents is 1. The largest absolute Gasteiger partial charge is 0.487 e.